The molecule has 1 amide bonds. The van der Waals surface area contributed by atoms with Gasteiger partial charge in [0.25, 0.3) is 5.91 Å². The quantitative estimate of drug-likeness (QED) is 0.244. The molecule has 1 atom stereocenters. The van der Waals surface area contributed by atoms with Crippen molar-refractivity contribution in [2.75, 3.05) is 31.7 Å². The molecule has 9 nitrogen and oxygen atoms in total. The number of halogens is 2. The molecule has 0 heterocycles. The summed E-state index contributed by atoms with van der Waals surface area (Å²) < 4.78 is 22.4. The van der Waals surface area contributed by atoms with Gasteiger partial charge in [0.1, 0.15) is 17.1 Å². The molecule has 0 saturated carbocycles. The maximum Gasteiger partial charge on any atom is 0.259 e. The van der Waals surface area contributed by atoms with Crippen molar-refractivity contribution in [3.05, 3.63) is 34.3 Å². The van der Waals surface area contributed by atoms with E-state index < -0.39 is 17.7 Å². The van der Waals surface area contributed by atoms with Crippen LogP contribution in [0.3, 0.4) is 0 Å². The van der Waals surface area contributed by atoms with Gasteiger partial charge in [-0.3, -0.25) is 9.59 Å². The van der Waals surface area contributed by atoms with Gasteiger partial charge in [-0.05, 0) is 58.9 Å². The molecule has 0 bridgehead atoms. The number of hydrogen-bond acceptors (Lipinski definition) is 8. The van der Waals surface area contributed by atoms with Gasteiger partial charge in [0.2, 0.25) is 6.04 Å². The van der Waals surface area contributed by atoms with Gasteiger partial charge < -0.3 is 24.3 Å². The van der Waals surface area contributed by atoms with Crippen LogP contribution >= 0.6 is 23.2 Å². The lowest BCUT2D eigenvalue weighted by atomic mass is 10.2. The topological polar surface area (TPSA) is 108 Å². The third-order valence-electron chi connectivity index (χ3n) is 4.44. The number of amides is 1. The van der Waals surface area contributed by atoms with Gasteiger partial charge in [0.05, 0.1) is 36.5 Å². The highest BCUT2D eigenvalue weighted by Crippen LogP contribution is 2.43. The fourth-order valence-electron chi connectivity index (χ4n) is 3.02. The lowest BCUT2D eigenvalue weighted by Gasteiger charge is -2.18. The van der Waals surface area contributed by atoms with E-state index in [1.54, 1.807) is 52.0 Å². The second kappa shape index (κ2) is 13.7. The molecule has 0 radical (unpaired) electrons. The summed E-state index contributed by atoms with van der Waals surface area (Å²) >= 11 is 12.5. The number of hydrogen-bond donors (Lipinski definition) is 1. The minimum absolute atomic E-state index is 0.202. The van der Waals surface area contributed by atoms with E-state index in [0.29, 0.717) is 42.9 Å². The largest absolute Gasteiger partial charge is 0.492 e. The van der Waals surface area contributed by atoms with Crippen LogP contribution in [0.4, 0.5) is 11.4 Å². The van der Waals surface area contributed by atoms with Crippen molar-refractivity contribution in [1.82, 2.24) is 0 Å². The van der Waals surface area contributed by atoms with Crippen LogP contribution in [0.2, 0.25) is 10.0 Å². The molecule has 0 fully saturated rings. The van der Waals surface area contributed by atoms with E-state index in [0.717, 1.165) is 0 Å². The number of nitrogens with zero attached hydrogens (tertiary/aromatic N) is 2. The van der Waals surface area contributed by atoms with E-state index in [-0.39, 0.29) is 27.9 Å². The molecule has 1 N–H and O–H groups in total. The van der Waals surface area contributed by atoms with Crippen LogP contribution in [-0.2, 0) is 9.59 Å². The second-order valence-electron chi connectivity index (χ2n) is 6.92. The summed E-state index contributed by atoms with van der Waals surface area (Å²) in [6.07, 6.45) is 0. The van der Waals surface area contributed by atoms with Crippen molar-refractivity contribution < 1.29 is 28.5 Å². The number of nitrogens with one attached hydrogen (secondary N) is 1. The highest BCUT2D eigenvalue weighted by molar-refractivity contribution is 6.33. The van der Waals surface area contributed by atoms with Crippen molar-refractivity contribution in [1.29, 1.82) is 0 Å². The van der Waals surface area contributed by atoms with Crippen LogP contribution in [0, 0.1) is 0 Å². The first-order valence-electron chi connectivity index (χ1n) is 11.2. The van der Waals surface area contributed by atoms with Crippen LogP contribution < -0.4 is 24.3 Å². The Balaban J connectivity index is 2.44. The highest BCUT2D eigenvalue weighted by Gasteiger charge is 2.27. The van der Waals surface area contributed by atoms with E-state index in [1.165, 1.54) is 6.92 Å². The SMILES string of the molecule is CCOc1ccc(Cl)c(OCC)c1NC(=O)C(N=Nc1ccc(Cl)c(OCC)c1OCC)C(C)=O. The molecule has 2 aromatic carbocycles. The number of anilines is 1. The first kappa shape index (κ1) is 28.2. The van der Waals surface area contributed by atoms with Gasteiger partial charge in [0.15, 0.2) is 23.0 Å². The van der Waals surface area contributed by atoms with Gasteiger partial charge in [-0.25, -0.2) is 0 Å². The Hall–Kier alpha value is -3.04. The summed E-state index contributed by atoms with van der Waals surface area (Å²) in [5.74, 6) is -0.127. The Morgan fingerprint density at radius 3 is 1.97 bits per heavy atom. The van der Waals surface area contributed by atoms with Gasteiger partial charge in [-0.2, -0.15) is 10.2 Å². The zero-order chi connectivity index (χ0) is 26.0. The third-order valence-corrected chi connectivity index (χ3v) is 5.04. The lowest BCUT2D eigenvalue weighted by molar-refractivity contribution is -0.126. The first-order chi connectivity index (χ1) is 16.8. The monoisotopic (exact) mass is 525 g/mol. The maximum atomic E-state index is 13.1. The summed E-state index contributed by atoms with van der Waals surface area (Å²) in [4.78, 5) is 25.5. The molecule has 0 aliphatic carbocycles. The average molecular weight is 526 g/mol. The van der Waals surface area contributed by atoms with E-state index in [9.17, 15) is 9.59 Å². The molecule has 35 heavy (non-hydrogen) atoms. The van der Waals surface area contributed by atoms with Crippen molar-refractivity contribution in [3.63, 3.8) is 0 Å². The van der Waals surface area contributed by atoms with Crippen LogP contribution in [0.1, 0.15) is 34.6 Å². The molecule has 0 aliphatic heterocycles. The lowest BCUT2D eigenvalue weighted by Crippen LogP contribution is -2.32. The Kier molecular flexibility index (Phi) is 11.1. The van der Waals surface area contributed by atoms with Crippen molar-refractivity contribution >= 4 is 46.3 Å². The minimum Gasteiger partial charge on any atom is -0.492 e. The molecule has 1 unspecified atom stereocenters. The zero-order valence-electron chi connectivity index (χ0n) is 20.3. The maximum absolute atomic E-state index is 13.1. The van der Waals surface area contributed by atoms with Crippen LogP contribution in [0.5, 0.6) is 23.0 Å². The van der Waals surface area contributed by atoms with Crippen LogP contribution in [-0.4, -0.2) is 44.2 Å². The fraction of sp³-hybridized carbons (Fsp3) is 0.417. The fourth-order valence-corrected chi connectivity index (χ4v) is 3.43. The number of Topliss-reactive ketones (excluding diaryl/α,β-unsaturated/α-hetero) is 1. The molecule has 2 aromatic rings. The summed E-state index contributed by atoms with van der Waals surface area (Å²) in [5, 5.41) is 11.4. The Morgan fingerprint density at radius 1 is 0.829 bits per heavy atom. The minimum atomic E-state index is -1.46. The van der Waals surface area contributed by atoms with E-state index in [4.69, 9.17) is 42.1 Å². The van der Waals surface area contributed by atoms with Gasteiger partial charge >= 0.3 is 0 Å². The average Bonchev–Trinajstić information content (AvgIpc) is 2.81. The molecule has 190 valence electrons. The smallest absolute Gasteiger partial charge is 0.259 e. The zero-order valence-corrected chi connectivity index (χ0v) is 21.8. The van der Waals surface area contributed by atoms with Crippen molar-refractivity contribution in [2.45, 2.75) is 40.7 Å². The predicted molar refractivity (Wildman–Crippen MR) is 135 cm³/mol. The molecule has 2 rings (SSSR count). The molecular weight excluding hydrogens is 497 g/mol. The highest BCUT2D eigenvalue weighted by atomic mass is 35.5. The second-order valence-corrected chi connectivity index (χ2v) is 7.74. The van der Waals surface area contributed by atoms with E-state index >= 15 is 0 Å². The van der Waals surface area contributed by atoms with Crippen molar-refractivity contribution in [3.8, 4) is 23.0 Å². The van der Waals surface area contributed by atoms with E-state index in [1.807, 2.05) is 0 Å². The third kappa shape index (κ3) is 7.22. The summed E-state index contributed by atoms with van der Waals surface area (Å²) in [5.41, 5.74) is 0.458. The Bertz CT molecular complexity index is 1080. The predicted octanol–water partition coefficient (Wildman–Crippen LogP) is 6.27. The van der Waals surface area contributed by atoms with Gasteiger partial charge in [-0.15, -0.1) is 0 Å². The molecular formula is C24H29Cl2N3O6. The van der Waals surface area contributed by atoms with Gasteiger partial charge in [0, 0.05) is 0 Å². The first-order valence-corrected chi connectivity index (χ1v) is 11.9. The summed E-state index contributed by atoms with van der Waals surface area (Å²) in [6.45, 7) is 9.71. The number of benzene rings is 2. The number of rotatable bonds is 13. The number of carbonyl (C=O) groups is 2. The number of azo groups is 1. The molecule has 0 aliphatic rings. The van der Waals surface area contributed by atoms with Crippen LogP contribution in [0.15, 0.2) is 34.5 Å². The van der Waals surface area contributed by atoms with E-state index in [2.05, 4.69) is 15.5 Å². The number of ketones is 1. The summed E-state index contributed by atoms with van der Waals surface area (Å²) in [7, 11) is 0. The molecule has 0 saturated heterocycles. The Labute approximate surface area is 214 Å². The van der Waals surface area contributed by atoms with Gasteiger partial charge in [-0.1, -0.05) is 23.2 Å². The normalized spacial score (nSPS) is 11.7. The number of ether oxygens (including phenoxy) is 4. The molecule has 0 aromatic heterocycles. The van der Waals surface area contributed by atoms with Crippen molar-refractivity contribution in [2.24, 2.45) is 10.2 Å². The molecule has 0 spiro atoms. The Morgan fingerprint density at radius 2 is 1.37 bits per heavy atom. The number of carbonyl (C=O) groups excluding carboxylic acids is 2. The molecule has 11 heteroatoms. The van der Waals surface area contributed by atoms with Crippen LogP contribution in [0.25, 0.3) is 0 Å². The summed E-state index contributed by atoms with van der Waals surface area (Å²) in [6, 6.07) is 4.87. The standard InChI is InChI=1S/C24H29Cl2N3O6/c1-6-32-18-13-11-15(25)21(33-7-2)20(18)27-24(31)19(14(5)30)29-28-17-12-10-16(26)22(34-8-3)23(17)35-9-4/h10-13,19H,6-9H2,1-5H3,(H,27,31).